The molecule has 5 nitrogen and oxygen atoms in total. The van der Waals surface area contributed by atoms with Gasteiger partial charge in [0.1, 0.15) is 13.3 Å². The highest BCUT2D eigenvalue weighted by molar-refractivity contribution is 5.68. The molecule has 2 aliphatic rings. The summed E-state index contributed by atoms with van der Waals surface area (Å²) in [6.45, 7) is -0.125. The molecule has 2 heterocycles. The first kappa shape index (κ1) is 26.3. The number of hydrogen-bond acceptors (Lipinski definition) is 4. The van der Waals surface area contributed by atoms with Crippen molar-refractivity contribution in [3.63, 3.8) is 0 Å². The lowest BCUT2D eigenvalue weighted by atomic mass is 9.85. The van der Waals surface area contributed by atoms with E-state index in [1.165, 1.54) is 12.1 Å². The van der Waals surface area contributed by atoms with Crippen LogP contribution in [0.25, 0.3) is 0 Å². The first-order valence-electron chi connectivity index (χ1n) is 10.7. The van der Waals surface area contributed by atoms with Gasteiger partial charge in [0.25, 0.3) is 6.10 Å². The largest absolute Gasteiger partial charge is 0.488 e. The number of halogens is 8. The first-order chi connectivity index (χ1) is 15.9. The molecule has 2 fully saturated rings. The fourth-order valence-corrected chi connectivity index (χ4v) is 4.53. The summed E-state index contributed by atoms with van der Waals surface area (Å²) < 4.78 is 111. The van der Waals surface area contributed by atoms with Gasteiger partial charge in [-0.2, -0.15) is 26.3 Å². The molecule has 34 heavy (non-hydrogen) atoms. The summed E-state index contributed by atoms with van der Waals surface area (Å²) in [5, 5.41) is 0. The van der Waals surface area contributed by atoms with E-state index in [0.717, 1.165) is 17.7 Å². The van der Waals surface area contributed by atoms with Crippen LogP contribution in [0.3, 0.4) is 0 Å². The predicted molar refractivity (Wildman–Crippen MR) is 103 cm³/mol. The minimum absolute atomic E-state index is 0.0634. The second-order valence-corrected chi connectivity index (χ2v) is 8.39. The number of carbonyl (C=O) groups excluding carboxylic acids is 1. The fourth-order valence-electron chi connectivity index (χ4n) is 4.53. The Morgan fingerprint density at radius 3 is 2.26 bits per heavy atom. The molecule has 0 radical (unpaired) electrons. The highest BCUT2D eigenvalue weighted by Gasteiger charge is 2.60. The molecule has 0 bridgehead atoms. The Hall–Kier alpha value is -2.31. The van der Waals surface area contributed by atoms with E-state index in [4.69, 9.17) is 4.74 Å². The maximum absolute atomic E-state index is 13.9. The van der Waals surface area contributed by atoms with E-state index in [0.29, 0.717) is 31.5 Å². The van der Waals surface area contributed by atoms with Crippen LogP contribution in [0, 0.1) is 5.82 Å². The van der Waals surface area contributed by atoms with Gasteiger partial charge in [-0.25, -0.2) is 13.6 Å². The molecule has 0 atom stereocenters. The van der Waals surface area contributed by atoms with Crippen molar-refractivity contribution in [3.05, 3.63) is 29.6 Å². The van der Waals surface area contributed by atoms with Gasteiger partial charge in [0.2, 0.25) is 0 Å². The predicted octanol–water partition coefficient (Wildman–Crippen LogP) is 5.23. The molecule has 3 rings (SSSR count). The van der Waals surface area contributed by atoms with Gasteiger partial charge in [-0.15, -0.1) is 0 Å². The topological polar surface area (TPSA) is 42.0 Å². The average Bonchev–Trinajstić information content (AvgIpc) is 3.12. The van der Waals surface area contributed by atoms with Crippen LogP contribution in [0.4, 0.5) is 39.9 Å². The average molecular weight is 504 g/mol. The van der Waals surface area contributed by atoms with Gasteiger partial charge in [-0.3, -0.25) is 4.90 Å². The zero-order valence-corrected chi connectivity index (χ0v) is 18.0. The van der Waals surface area contributed by atoms with E-state index < -0.39 is 42.6 Å². The molecule has 1 spiro atoms. The molecule has 0 saturated carbocycles. The van der Waals surface area contributed by atoms with Crippen LogP contribution in [0.5, 0.6) is 5.75 Å². The Morgan fingerprint density at radius 1 is 1.03 bits per heavy atom. The summed E-state index contributed by atoms with van der Waals surface area (Å²) in [4.78, 5) is 15.0. The summed E-state index contributed by atoms with van der Waals surface area (Å²) >= 11 is 0. The number of hydrogen-bond donors (Lipinski definition) is 0. The van der Waals surface area contributed by atoms with Crippen molar-refractivity contribution < 1.29 is 49.4 Å². The van der Waals surface area contributed by atoms with Crippen molar-refractivity contribution >= 4 is 6.09 Å². The molecule has 0 aliphatic carbocycles. The van der Waals surface area contributed by atoms with Crippen molar-refractivity contribution in [2.45, 2.75) is 56.2 Å². The summed E-state index contributed by atoms with van der Waals surface area (Å²) in [7, 11) is 0. The lowest BCUT2D eigenvalue weighted by molar-refractivity contribution is -0.308. The summed E-state index contributed by atoms with van der Waals surface area (Å²) in [6.07, 6.45) is -15.2. The van der Waals surface area contributed by atoms with Gasteiger partial charge in [-0.05, 0) is 49.9 Å². The molecule has 1 aromatic carbocycles. The van der Waals surface area contributed by atoms with Gasteiger partial charge >= 0.3 is 18.4 Å². The number of rotatable bonds is 6. The Morgan fingerprint density at radius 2 is 1.68 bits per heavy atom. The second-order valence-electron chi connectivity index (χ2n) is 8.39. The minimum atomic E-state index is -5.77. The molecular weight excluding hydrogens is 480 g/mol. The van der Waals surface area contributed by atoms with Crippen LogP contribution >= 0.6 is 0 Å². The van der Waals surface area contributed by atoms with Gasteiger partial charge in [-0.1, -0.05) is 6.07 Å². The Balaban J connectivity index is 1.63. The number of piperidine rings is 1. The van der Waals surface area contributed by atoms with Crippen LogP contribution in [-0.2, 0) is 11.3 Å². The number of nitrogens with zero attached hydrogens (tertiary/aromatic N) is 2. The fraction of sp³-hybridized carbons (Fsp3) is 0.667. The number of alkyl halides is 7. The van der Waals surface area contributed by atoms with Crippen molar-refractivity contribution in [1.82, 2.24) is 9.80 Å². The van der Waals surface area contributed by atoms with Crippen LogP contribution in [-0.4, -0.2) is 72.8 Å². The van der Waals surface area contributed by atoms with Crippen molar-refractivity contribution in [1.29, 1.82) is 0 Å². The third kappa shape index (κ3) is 6.02. The molecule has 2 aliphatic heterocycles. The summed E-state index contributed by atoms with van der Waals surface area (Å²) in [5.74, 6) is -0.707. The maximum atomic E-state index is 13.9. The standard InChI is InChI=1S/C21H24F8N2O3/c22-7-11-33-16-12-14(2-3-15(16)23)13-31-8-1-4-19(31)5-9-30(10-6-19)18(32)34-17(20(24,25)26)21(27,28)29/h2-3,12,17H,1,4-11,13H2. The van der Waals surface area contributed by atoms with E-state index in [-0.39, 0.29) is 25.4 Å². The lowest BCUT2D eigenvalue weighted by Crippen LogP contribution is -2.54. The SMILES string of the molecule is O=C(OC(C(F)(F)F)C(F)(F)F)N1CCC2(CCCN2Cc2ccc(F)c(OCCF)c2)CC1. The molecule has 0 aromatic heterocycles. The molecule has 1 amide bonds. The highest BCUT2D eigenvalue weighted by atomic mass is 19.4. The number of likely N-dealkylation sites (tertiary alicyclic amines) is 2. The van der Waals surface area contributed by atoms with Gasteiger partial charge in [0, 0.05) is 25.2 Å². The highest BCUT2D eigenvalue weighted by Crippen LogP contribution is 2.41. The van der Waals surface area contributed by atoms with Gasteiger partial charge in [0.05, 0.1) is 0 Å². The third-order valence-corrected chi connectivity index (χ3v) is 6.21. The summed E-state index contributed by atoms with van der Waals surface area (Å²) in [5.41, 5.74) is 0.301. The normalized spacial score (nSPS) is 19.1. The van der Waals surface area contributed by atoms with Crippen LogP contribution in [0.1, 0.15) is 31.2 Å². The Bertz CT molecular complexity index is 839. The molecule has 1 aromatic rings. The molecule has 2 saturated heterocycles. The monoisotopic (exact) mass is 504 g/mol. The van der Waals surface area contributed by atoms with E-state index in [2.05, 4.69) is 9.64 Å². The van der Waals surface area contributed by atoms with E-state index >= 15 is 0 Å². The smallest absolute Gasteiger partial charge is 0.434 e. The second kappa shape index (κ2) is 10.1. The number of carbonyl (C=O) groups is 1. The zero-order valence-electron chi connectivity index (χ0n) is 18.0. The van der Waals surface area contributed by atoms with Crippen molar-refractivity contribution in [3.8, 4) is 5.75 Å². The lowest BCUT2D eigenvalue weighted by Gasteiger charge is -2.45. The Kier molecular flexibility index (Phi) is 7.83. The van der Waals surface area contributed by atoms with Crippen LogP contribution in [0.2, 0.25) is 0 Å². The number of benzene rings is 1. The van der Waals surface area contributed by atoms with Crippen molar-refractivity contribution in [2.24, 2.45) is 0 Å². The van der Waals surface area contributed by atoms with Gasteiger partial charge in [0.15, 0.2) is 11.6 Å². The molecule has 0 N–H and O–H groups in total. The summed E-state index contributed by atoms with van der Waals surface area (Å²) in [6, 6.07) is 4.24. The quantitative estimate of drug-likeness (QED) is 0.498. The van der Waals surface area contributed by atoms with Crippen LogP contribution in [0.15, 0.2) is 18.2 Å². The minimum Gasteiger partial charge on any atom is -0.488 e. The molecule has 0 unspecified atom stereocenters. The molecular formula is C21H24F8N2O3. The van der Waals surface area contributed by atoms with E-state index in [1.807, 2.05) is 0 Å². The number of amides is 1. The maximum Gasteiger partial charge on any atom is 0.434 e. The van der Waals surface area contributed by atoms with Crippen LogP contribution < -0.4 is 4.74 Å². The van der Waals surface area contributed by atoms with Gasteiger partial charge < -0.3 is 14.4 Å². The molecule has 13 heteroatoms. The number of ether oxygens (including phenoxy) is 2. The zero-order chi connectivity index (χ0) is 25.1. The van der Waals surface area contributed by atoms with E-state index in [1.54, 1.807) is 6.07 Å². The van der Waals surface area contributed by atoms with Crippen molar-refractivity contribution in [2.75, 3.05) is 32.9 Å². The Labute approximate surface area is 190 Å². The molecule has 192 valence electrons. The third-order valence-electron chi connectivity index (χ3n) is 6.21. The first-order valence-corrected chi connectivity index (χ1v) is 10.7. The van der Waals surface area contributed by atoms with E-state index in [9.17, 15) is 39.9 Å².